The van der Waals surface area contributed by atoms with E-state index >= 15 is 0 Å². The van der Waals surface area contributed by atoms with E-state index in [-0.39, 0.29) is 0 Å². The van der Waals surface area contributed by atoms with Crippen LogP contribution in [-0.4, -0.2) is 5.24 Å². The van der Waals surface area contributed by atoms with Gasteiger partial charge in [0.15, 0.2) is 0 Å². The average Bonchev–Trinajstić information content (AvgIpc) is 1.99. The second kappa shape index (κ2) is 3.65. The van der Waals surface area contributed by atoms with Crippen molar-refractivity contribution < 1.29 is 4.79 Å². The van der Waals surface area contributed by atoms with Crippen molar-refractivity contribution in [1.82, 2.24) is 0 Å². The zero-order valence-electron chi connectivity index (χ0n) is 6.20. The minimum atomic E-state index is -0.531. The number of aryl methyl sites for hydroxylation is 1. The highest BCUT2D eigenvalue weighted by molar-refractivity contribution is 6.67. The van der Waals surface area contributed by atoms with E-state index < -0.39 is 5.24 Å². The SMILES string of the molecule is Cc1cc(C(=O)Cl)cc(Cl)c1Cl. The Kier molecular flexibility index (Phi) is 2.99. The molecule has 0 heterocycles. The van der Waals surface area contributed by atoms with Crippen LogP contribution in [0.1, 0.15) is 15.9 Å². The fraction of sp³-hybridized carbons (Fsp3) is 0.125. The molecule has 0 aromatic heterocycles. The molecule has 0 fully saturated rings. The maximum Gasteiger partial charge on any atom is 0.252 e. The van der Waals surface area contributed by atoms with Crippen molar-refractivity contribution in [3.8, 4) is 0 Å². The predicted octanol–water partition coefficient (Wildman–Crippen LogP) is 3.68. The van der Waals surface area contributed by atoms with Crippen molar-refractivity contribution in [3.63, 3.8) is 0 Å². The average molecular weight is 223 g/mol. The summed E-state index contributed by atoms with van der Waals surface area (Å²) in [6, 6.07) is 3.05. The molecule has 0 saturated heterocycles. The standard InChI is InChI=1S/C8H5Cl3O/c1-4-2-5(8(11)12)3-6(9)7(4)10/h2-3H,1H3. The Balaban J connectivity index is 3.31. The Morgan fingerprint density at radius 1 is 1.33 bits per heavy atom. The molecule has 0 unspecified atom stereocenters. The molecule has 0 saturated carbocycles. The minimum Gasteiger partial charge on any atom is -0.276 e. The second-order valence-corrected chi connectivity index (χ2v) is 3.49. The lowest BCUT2D eigenvalue weighted by atomic mass is 10.1. The van der Waals surface area contributed by atoms with E-state index in [0.717, 1.165) is 5.56 Å². The fourth-order valence-corrected chi connectivity index (χ4v) is 1.32. The van der Waals surface area contributed by atoms with Crippen molar-refractivity contribution >= 4 is 40.0 Å². The molecular formula is C8H5Cl3O. The van der Waals surface area contributed by atoms with Crippen LogP contribution < -0.4 is 0 Å². The van der Waals surface area contributed by atoms with Crippen molar-refractivity contribution in [2.75, 3.05) is 0 Å². The van der Waals surface area contributed by atoms with E-state index in [0.29, 0.717) is 15.6 Å². The highest BCUT2D eigenvalue weighted by atomic mass is 35.5. The van der Waals surface area contributed by atoms with Crippen LogP contribution >= 0.6 is 34.8 Å². The smallest absolute Gasteiger partial charge is 0.252 e. The van der Waals surface area contributed by atoms with Gasteiger partial charge in [-0.2, -0.15) is 0 Å². The van der Waals surface area contributed by atoms with Crippen molar-refractivity contribution in [2.24, 2.45) is 0 Å². The number of hydrogen-bond donors (Lipinski definition) is 0. The van der Waals surface area contributed by atoms with E-state index in [2.05, 4.69) is 0 Å². The lowest BCUT2D eigenvalue weighted by Crippen LogP contribution is -1.90. The van der Waals surface area contributed by atoms with Crippen LogP contribution in [0.15, 0.2) is 12.1 Å². The van der Waals surface area contributed by atoms with Gasteiger partial charge in [-0.05, 0) is 36.2 Å². The number of carbonyl (C=O) groups is 1. The number of halogens is 3. The molecule has 1 rings (SSSR count). The first-order valence-electron chi connectivity index (χ1n) is 3.18. The summed E-state index contributed by atoms with van der Waals surface area (Å²) in [6.07, 6.45) is 0. The molecule has 0 bridgehead atoms. The van der Waals surface area contributed by atoms with Crippen molar-refractivity contribution in [2.45, 2.75) is 6.92 Å². The Bertz CT molecular complexity index is 310. The quantitative estimate of drug-likeness (QED) is 0.664. The molecule has 64 valence electrons. The molecule has 0 N–H and O–H groups in total. The van der Waals surface area contributed by atoms with Crippen LogP contribution in [0, 0.1) is 6.92 Å². The summed E-state index contributed by atoms with van der Waals surface area (Å²) in [7, 11) is 0. The minimum absolute atomic E-state index is 0.348. The maximum atomic E-state index is 10.7. The van der Waals surface area contributed by atoms with Crippen LogP contribution in [-0.2, 0) is 0 Å². The zero-order valence-corrected chi connectivity index (χ0v) is 8.46. The van der Waals surface area contributed by atoms with Crippen molar-refractivity contribution in [3.05, 3.63) is 33.3 Å². The normalized spacial score (nSPS) is 10.0. The van der Waals surface area contributed by atoms with Gasteiger partial charge in [0.2, 0.25) is 0 Å². The number of rotatable bonds is 1. The molecular weight excluding hydrogens is 218 g/mol. The van der Waals surface area contributed by atoms with Crippen LogP contribution in [0.2, 0.25) is 10.0 Å². The Labute approximate surface area is 85.2 Å². The lowest BCUT2D eigenvalue weighted by molar-refractivity contribution is 0.108. The first-order valence-corrected chi connectivity index (χ1v) is 4.31. The van der Waals surface area contributed by atoms with Gasteiger partial charge in [0.25, 0.3) is 5.24 Å². The van der Waals surface area contributed by atoms with Crippen LogP contribution in [0.3, 0.4) is 0 Å². The summed E-state index contributed by atoms with van der Waals surface area (Å²) in [4.78, 5) is 10.7. The number of carbonyl (C=O) groups excluding carboxylic acids is 1. The van der Waals surface area contributed by atoms with Gasteiger partial charge < -0.3 is 0 Å². The molecule has 1 aromatic carbocycles. The fourth-order valence-electron chi connectivity index (χ4n) is 0.840. The summed E-state index contributed by atoms with van der Waals surface area (Å²) >= 11 is 16.7. The third kappa shape index (κ3) is 1.92. The van der Waals surface area contributed by atoms with Crippen molar-refractivity contribution in [1.29, 1.82) is 0 Å². The number of benzene rings is 1. The number of hydrogen-bond acceptors (Lipinski definition) is 1. The van der Waals surface area contributed by atoms with Gasteiger partial charge in [-0.3, -0.25) is 4.79 Å². The summed E-state index contributed by atoms with van der Waals surface area (Å²) in [5, 5.41) is 0.274. The van der Waals surface area contributed by atoms with Crippen LogP contribution in [0.25, 0.3) is 0 Å². The first-order chi connectivity index (χ1) is 5.52. The summed E-state index contributed by atoms with van der Waals surface area (Å²) < 4.78 is 0. The molecule has 0 aliphatic carbocycles. The van der Waals surface area contributed by atoms with Gasteiger partial charge in [0.05, 0.1) is 10.0 Å². The van der Waals surface area contributed by atoms with E-state index in [9.17, 15) is 4.79 Å². The van der Waals surface area contributed by atoms with Gasteiger partial charge in [0, 0.05) is 5.56 Å². The predicted molar refractivity (Wildman–Crippen MR) is 51.4 cm³/mol. The summed E-state index contributed by atoms with van der Waals surface area (Å²) in [5.74, 6) is 0. The van der Waals surface area contributed by atoms with Gasteiger partial charge in [-0.25, -0.2) is 0 Å². The molecule has 1 nitrogen and oxygen atoms in total. The van der Waals surface area contributed by atoms with E-state index in [1.165, 1.54) is 6.07 Å². The van der Waals surface area contributed by atoms with Crippen LogP contribution in [0.5, 0.6) is 0 Å². The summed E-state index contributed by atoms with van der Waals surface area (Å²) in [6.45, 7) is 1.76. The molecule has 0 amide bonds. The lowest BCUT2D eigenvalue weighted by Gasteiger charge is -2.01. The Hall–Kier alpha value is -0.240. The Morgan fingerprint density at radius 3 is 2.33 bits per heavy atom. The monoisotopic (exact) mass is 222 g/mol. The van der Waals surface area contributed by atoms with Crippen LogP contribution in [0.4, 0.5) is 0 Å². The van der Waals surface area contributed by atoms with Gasteiger partial charge in [0.1, 0.15) is 0 Å². The molecule has 4 heteroatoms. The highest BCUT2D eigenvalue weighted by Gasteiger charge is 2.07. The van der Waals surface area contributed by atoms with E-state index in [4.69, 9.17) is 34.8 Å². The third-order valence-corrected chi connectivity index (χ3v) is 2.55. The van der Waals surface area contributed by atoms with Gasteiger partial charge in [-0.1, -0.05) is 23.2 Å². The zero-order chi connectivity index (χ0) is 9.30. The second-order valence-electron chi connectivity index (χ2n) is 2.36. The first kappa shape index (κ1) is 9.85. The molecule has 1 aromatic rings. The molecule has 0 aliphatic rings. The molecule has 0 aliphatic heterocycles. The van der Waals surface area contributed by atoms with E-state index in [1.54, 1.807) is 13.0 Å². The summed E-state index contributed by atoms with van der Waals surface area (Å²) in [5.41, 5.74) is 1.11. The molecule has 0 atom stereocenters. The highest BCUT2D eigenvalue weighted by Crippen LogP contribution is 2.27. The third-order valence-electron chi connectivity index (χ3n) is 1.44. The maximum absolute atomic E-state index is 10.7. The van der Waals surface area contributed by atoms with E-state index in [1.807, 2.05) is 0 Å². The topological polar surface area (TPSA) is 17.1 Å². The molecule has 0 radical (unpaired) electrons. The largest absolute Gasteiger partial charge is 0.276 e. The Morgan fingerprint density at radius 2 is 1.92 bits per heavy atom. The molecule has 12 heavy (non-hydrogen) atoms. The molecule has 0 spiro atoms. The van der Waals surface area contributed by atoms with Gasteiger partial charge in [-0.15, -0.1) is 0 Å². The van der Waals surface area contributed by atoms with Gasteiger partial charge >= 0.3 is 0 Å².